The second-order valence-electron chi connectivity index (χ2n) is 5.11. The SMILES string of the molecule is C#CCCCC1CCCC1CNC(C)C. The smallest absolute Gasteiger partial charge is 0.00861 e. The molecule has 0 aromatic carbocycles. The van der Waals surface area contributed by atoms with Crippen molar-refractivity contribution in [3.8, 4) is 12.3 Å². The highest BCUT2D eigenvalue weighted by molar-refractivity contribution is 4.85. The van der Waals surface area contributed by atoms with E-state index in [9.17, 15) is 0 Å². The maximum atomic E-state index is 5.28. The van der Waals surface area contributed by atoms with E-state index in [4.69, 9.17) is 6.42 Å². The monoisotopic (exact) mass is 207 g/mol. The van der Waals surface area contributed by atoms with Gasteiger partial charge in [-0.05, 0) is 37.6 Å². The second kappa shape index (κ2) is 6.90. The fraction of sp³-hybridized carbons (Fsp3) is 0.857. The van der Waals surface area contributed by atoms with Gasteiger partial charge in [0.05, 0.1) is 0 Å². The van der Waals surface area contributed by atoms with Crippen molar-refractivity contribution < 1.29 is 0 Å². The van der Waals surface area contributed by atoms with Gasteiger partial charge < -0.3 is 5.32 Å². The van der Waals surface area contributed by atoms with Crippen LogP contribution >= 0.6 is 0 Å². The van der Waals surface area contributed by atoms with Gasteiger partial charge in [-0.3, -0.25) is 0 Å². The van der Waals surface area contributed by atoms with Gasteiger partial charge in [-0.25, -0.2) is 0 Å². The van der Waals surface area contributed by atoms with Gasteiger partial charge in [0.2, 0.25) is 0 Å². The highest BCUT2D eigenvalue weighted by Gasteiger charge is 2.26. The maximum absolute atomic E-state index is 5.28. The van der Waals surface area contributed by atoms with Crippen LogP contribution in [0, 0.1) is 24.2 Å². The molecule has 1 aliphatic rings. The Bertz CT molecular complexity index is 202. The number of nitrogens with one attached hydrogen (secondary N) is 1. The first-order valence-electron chi connectivity index (χ1n) is 6.41. The highest BCUT2D eigenvalue weighted by Crippen LogP contribution is 2.34. The largest absolute Gasteiger partial charge is 0.314 e. The van der Waals surface area contributed by atoms with E-state index in [1.165, 1.54) is 38.6 Å². The summed E-state index contributed by atoms with van der Waals surface area (Å²) in [6, 6.07) is 0.622. The molecule has 2 atom stereocenters. The molecule has 0 radical (unpaired) electrons. The zero-order valence-electron chi connectivity index (χ0n) is 10.3. The number of rotatable bonds is 6. The summed E-state index contributed by atoms with van der Waals surface area (Å²) in [5, 5.41) is 3.57. The van der Waals surface area contributed by atoms with Gasteiger partial charge in [0.25, 0.3) is 0 Å². The number of hydrogen-bond donors (Lipinski definition) is 1. The lowest BCUT2D eigenvalue weighted by Gasteiger charge is -2.21. The van der Waals surface area contributed by atoms with Crippen LogP contribution in [0.1, 0.15) is 52.4 Å². The molecule has 1 saturated carbocycles. The Morgan fingerprint density at radius 3 is 2.73 bits per heavy atom. The molecule has 1 fully saturated rings. The van der Waals surface area contributed by atoms with Crippen molar-refractivity contribution in [2.45, 2.75) is 58.4 Å². The predicted octanol–water partition coefficient (Wildman–Crippen LogP) is 3.20. The number of hydrogen-bond acceptors (Lipinski definition) is 1. The first-order valence-corrected chi connectivity index (χ1v) is 6.41. The lowest BCUT2D eigenvalue weighted by atomic mass is 9.91. The van der Waals surface area contributed by atoms with Crippen molar-refractivity contribution in [3.63, 3.8) is 0 Å². The van der Waals surface area contributed by atoms with E-state index in [1.54, 1.807) is 0 Å². The zero-order valence-corrected chi connectivity index (χ0v) is 10.3. The minimum Gasteiger partial charge on any atom is -0.314 e. The van der Waals surface area contributed by atoms with Crippen LogP contribution in [0.3, 0.4) is 0 Å². The summed E-state index contributed by atoms with van der Waals surface area (Å²) >= 11 is 0. The third kappa shape index (κ3) is 4.71. The Hall–Kier alpha value is -0.480. The van der Waals surface area contributed by atoms with E-state index in [-0.39, 0.29) is 0 Å². The van der Waals surface area contributed by atoms with Gasteiger partial charge in [0.1, 0.15) is 0 Å². The van der Waals surface area contributed by atoms with Crippen molar-refractivity contribution in [2.75, 3.05) is 6.54 Å². The van der Waals surface area contributed by atoms with E-state index in [0.29, 0.717) is 6.04 Å². The van der Waals surface area contributed by atoms with Crippen LogP contribution < -0.4 is 5.32 Å². The fourth-order valence-electron chi connectivity index (χ4n) is 2.62. The van der Waals surface area contributed by atoms with Crippen molar-refractivity contribution in [2.24, 2.45) is 11.8 Å². The molecule has 1 nitrogen and oxygen atoms in total. The number of unbranched alkanes of at least 4 members (excludes halogenated alkanes) is 1. The summed E-state index contributed by atoms with van der Waals surface area (Å²) in [6.45, 7) is 5.66. The third-order valence-corrected chi connectivity index (χ3v) is 3.50. The molecule has 1 aliphatic carbocycles. The molecule has 1 heteroatoms. The predicted molar refractivity (Wildman–Crippen MR) is 66.7 cm³/mol. The zero-order chi connectivity index (χ0) is 11.1. The van der Waals surface area contributed by atoms with Crippen LogP contribution in [-0.2, 0) is 0 Å². The van der Waals surface area contributed by atoms with Gasteiger partial charge >= 0.3 is 0 Å². The Kier molecular flexibility index (Phi) is 5.79. The normalized spacial score (nSPS) is 25.7. The van der Waals surface area contributed by atoms with Gasteiger partial charge in [-0.2, -0.15) is 0 Å². The van der Waals surface area contributed by atoms with Gasteiger partial charge in [-0.15, -0.1) is 12.3 Å². The highest BCUT2D eigenvalue weighted by atomic mass is 14.9. The van der Waals surface area contributed by atoms with Crippen LogP contribution in [0.15, 0.2) is 0 Å². The average molecular weight is 207 g/mol. The molecular weight excluding hydrogens is 182 g/mol. The van der Waals surface area contributed by atoms with E-state index in [1.807, 2.05) is 0 Å². The molecule has 0 amide bonds. The summed E-state index contributed by atoms with van der Waals surface area (Å²) < 4.78 is 0. The lowest BCUT2D eigenvalue weighted by Crippen LogP contribution is -2.30. The van der Waals surface area contributed by atoms with Crippen molar-refractivity contribution >= 4 is 0 Å². The molecule has 0 heterocycles. The number of terminal acetylenes is 1. The Labute approximate surface area is 95.0 Å². The van der Waals surface area contributed by atoms with E-state index in [0.717, 1.165) is 18.3 Å². The van der Waals surface area contributed by atoms with Gasteiger partial charge in [0.15, 0.2) is 0 Å². The van der Waals surface area contributed by atoms with Crippen LogP contribution in [0.5, 0.6) is 0 Å². The Morgan fingerprint density at radius 1 is 1.33 bits per heavy atom. The Balaban J connectivity index is 2.21. The average Bonchev–Trinajstić information content (AvgIpc) is 2.63. The Morgan fingerprint density at radius 2 is 2.07 bits per heavy atom. The van der Waals surface area contributed by atoms with Crippen molar-refractivity contribution in [3.05, 3.63) is 0 Å². The first-order chi connectivity index (χ1) is 7.24. The van der Waals surface area contributed by atoms with Crippen molar-refractivity contribution in [1.29, 1.82) is 0 Å². The molecule has 1 rings (SSSR count). The van der Waals surface area contributed by atoms with Crippen molar-refractivity contribution in [1.82, 2.24) is 5.32 Å². The molecule has 1 N–H and O–H groups in total. The fourth-order valence-corrected chi connectivity index (χ4v) is 2.62. The quantitative estimate of drug-likeness (QED) is 0.521. The standard InChI is InChI=1S/C14H25N/c1-4-5-6-8-13-9-7-10-14(13)11-15-12(2)3/h1,12-15H,5-11H2,2-3H3. The minimum absolute atomic E-state index is 0.622. The van der Waals surface area contributed by atoms with Crippen LogP contribution in [0.25, 0.3) is 0 Å². The molecule has 0 spiro atoms. The maximum Gasteiger partial charge on any atom is 0.00861 e. The molecule has 0 aromatic heterocycles. The molecule has 0 aliphatic heterocycles. The molecular formula is C14H25N. The minimum atomic E-state index is 0.622. The van der Waals surface area contributed by atoms with Crippen LogP contribution in [0.2, 0.25) is 0 Å². The molecule has 0 bridgehead atoms. The van der Waals surface area contributed by atoms with E-state index in [2.05, 4.69) is 25.1 Å². The summed E-state index contributed by atoms with van der Waals surface area (Å²) in [4.78, 5) is 0. The molecule has 0 saturated heterocycles. The molecule has 2 unspecified atom stereocenters. The topological polar surface area (TPSA) is 12.0 Å². The van der Waals surface area contributed by atoms with Crippen LogP contribution in [0.4, 0.5) is 0 Å². The van der Waals surface area contributed by atoms with E-state index < -0.39 is 0 Å². The van der Waals surface area contributed by atoms with E-state index >= 15 is 0 Å². The van der Waals surface area contributed by atoms with Gasteiger partial charge in [-0.1, -0.05) is 26.7 Å². The molecule has 15 heavy (non-hydrogen) atoms. The molecule has 86 valence electrons. The second-order valence-corrected chi connectivity index (χ2v) is 5.11. The van der Waals surface area contributed by atoms with Gasteiger partial charge in [0, 0.05) is 12.5 Å². The molecule has 0 aromatic rings. The lowest BCUT2D eigenvalue weighted by molar-refractivity contribution is 0.333. The summed E-state index contributed by atoms with van der Waals surface area (Å²) in [6.07, 6.45) is 13.1. The summed E-state index contributed by atoms with van der Waals surface area (Å²) in [7, 11) is 0. The summed E-state index contributed by atoms with van der Waals surface area (Å²) in [5.74, 6) is 4.58. The first kappa shape index (κ1) is 12.6. The van der Waals surface area contributed by atoms with Crippen LogP contribution in [-0.4, -0.2) is 12.6 Å². The third-order valence-electron chi connectivity index (χ3n) is 3.50. The summed E-state index contributed by atoms with van der Waals surface area (Å²) in [5.41, 5.74) is 0.